The van der Waals surface area contributed by atoms with Crippen LogP contribution in [0.1, 0.15) is 24.3 Å². The average molecular weight is 223 g/mol. The van der Waals surface area contributed by atoms with Gasteiger partial charge in [0.1, 0.15) is 5.82 Å². The maximum atomic E-state index is 13.0. The van der Waals surface area contributed by atoms with Crippen molar-refractivity contribution >= 4 is 17.6 Å². The number of rotatable bonds is 1. The molecule has 1 unspecified atom stereocenters. The van der Waals surface area contributed by atoms with Crippen LogP contribution in [0.4, 0.5) is 10.1 Å². The van der Waals surface area contributed by atoms with Crippen LogP contribution in [0.25, 0.3) is 0 Å². The Bertz CT molecular complexity index is 459. The van der Waals surface area contributed by atoms with Crippen LogP contribution in [0, 0.1) is 5.82 Å². The minimum Gasteiger partial charge on any atom is -0.481 e. The van der Waals surface area contributed by atoms with E-state index < -0.39 is 17.7 Å². The van der Waals surface area contributed by atoms with Crippen molar-refractivity contribution < 1.29 is 19.1 Å². The standard InChI is InChI=1S/C11H10FNO3/c12-6-1-2-7-8(11(15)16)3-4-10(14)13-9(7)5-6/h1-2,5,8H,3-4H2,(H,13,14)(H,15,16). The molecule has 0 spiro atoms. The first-order valence-corrected chi connectivity index (χ1v) is 4.90. The van der Waals surface area contributed by atoms with Gasteiger partial charge in [0.05, 0.1) is 5.92 Å². The zero-order chi connectivity index (χ0) is 11.7. The summed E-state index contributed by atoms with van der Waals surface area (Å²) in [5.41, 5.74) is 0.717. The number of hydrogen-bond acceptors (Lipinski definition) is 2. The highest BCUT2D eigenvalue weighted by atomic mass is 19.1. The van der Waals surface area contributed by atoms with Crippen molar-refractivity contribution in [3.63, 3.8) is 0 Å². The molecule has 1 atom stereocenters. The van der Waals surface area contributed by atoms with Crippen LogP contribution in [0.5, 0.6) is 0 Å². The van der Waals surface area contributed by atoms with E-state index in [1.165, 1.54) is 12.1 Å². The third-order valence-electron chi connectivity index (χ3n) is 2.62. The van der Waals surface area contributed by atoms with Crippen LogP contribution in [-0.4, -0.2) is 17.0 Å². The second-order valence-electron chi connectivity index (χ2n) is 3.71. The van der Waals surface area contributed by atoms with Crippen LogP contribution in [-0.2, 0) is 9.59 Å². The third-order valence-corrected chi connectivity index (χ3v) is 2.62. The highest BCUT2D eigenvalue weighted by Gasteiger charge is 2.27. The third kappa shape index (κ3) is 1.88. The van der Waals surface area contributed by atoms with Crippen LogP contribution in [0.15, 0.2) is 18.2 Å². The van der Waals surface area contributed by atoms with Crippen LogP contribution >= 0.6 is 0 Å². The van der Waals surface area contributed by atoms with Crippen molar-refractivity contribution in [2.45, 2.75) is 18.8 Å². The molecule has 0 bridgehead atoms. The zero-order valence-corrected chi connectivity index (χ0v) is 8.37. The van der Waals surface area contributed by atoms with Crippen molar-refractivity contribution in [1.82, 2.24) is 0 Å². The summed E-state index contributed by atoms with van der Waals surface area (Å²) < 4.78 is 13.0. The molecule has 84 valence electrons. The van der Waals surface area contributed by atoms with Gasteiger partial charge in [-0.15, -0.1) is 0 Å². The molecule has 1 aliphatic rings. The van der Waals surface area contributed by atoms with Gasteiger partial charge < -0.3 is 10.4 Å². The molecule has 16 heavy (non-hydrogen) atoms. The van der Waals surface area contributed by atoms with E-state index >= 15 is 0 Å². The molecule has 1 heterocycles. The lowest BCUT2D eigenvalue weighted by Gasteiger charge is -2.12. The molecule has 2 rings (SSSR count). The molecule has 0 radical (unpaired) electrons. The lowest BCUT2D eigenvalue weighted by atomic mass is 9.94. The number of halogens is 1. The summed E-state index contributed by atoms with van der Waals surface area (Å²) in [6.45, 7) is 0. The van der Waals surface area contributed by atoms with Crippen molar-refractivity contribution in [3.8, 4) is 0 Å². The zero-order valence-electron chi connectivity index (χ0n) is 8.37. The number of nitrogens with one attached hydrogen (secondary N) is 1. The first-order valence-electron chi connectivity index (χ1n) is 4.90. The molecular formula is C11H10FNO3. The Morgan fingerprint density at radius 1 is 1.50 bits per heavy atom. The summed E-state index contributed by atoms with van der Waals surface area (Å²) in [5, 5.41) is 11.5. The lowest BCUT2D eigenvalue weighted by molar-refractivity contribution is -0.138. The van der Waals surface area contributed by atoms with E-state index in [2.05, 4.69) is 5.32 Å². The van der Waals surface area contributed by atoms with Gasteiger partial charge in [0.2, 0.25) is 5.91 Å². The van der Waals surface area contributed by atoms with Crippen molar-refractivity contribution in [3.05, 3.63) is 29.6 Å². The summed E-state index contributed by atoms with van der Waals surface area (Å²) in [4.78, 5) is 22.3. The number of fused-ring (bicyclic) bond motifs is 1. The molecule has 5 heteroatoms. The molecule has 0 fully saturated rings. The number of carbonyl (C=O) groups is 2. The van der Waals surface area contributed by atoms with Gasteiger partial charge in [-0.05, 0) is 24.1 Å². The Morgan fingerprint density at radius 2 is 2.25 bits per heavy atom. The molecule has 0 aliphatic carbocycles. The second kappa shape index (κ2) is 3.92. The average Bonchev–Trinajstić information content (AvgIpc) is 2.35. The Hall–Kier alpha value is -1.91. The van der Waals surface area contributed by atoms with E-state index in [9.17, 15) is 14.0 Å². The van der Waals surface area contributed by atoms with Gasteiger partial charge >= 0.3 is 5.97 Å². The van der Waals surface area contributed by atoms with Gasteiger partial charge in [-0.3, -0.25) is 9.59 Å². The summed E-state index contributed by atoms with van der Waals surface area (Å²) in [6.07, 6.45) is 0.368. The quantitative estimate of drug-likeness (QED) is 0.761. The number of carboxylic acid groups (broad SMARTS) is 1. The molecular weight excluding hydrogens is 213 g/mol. The number of amides is 1. The molecule has 0 saturated carbocycles. The lowest BCUT2D eigenvalue weighted by Crippen LogP contribution is -2.11. The van der Waals surface area contributed by atoms with E-state index in [-0.39, 0.29) is 24.4 Å². The predicted molar refractivity (Wildman–Crippen MR) is 54.6 cm³/mol. The summed E-state index contributed by atoms with van der Waals surface area (Å²) in [5.74, 6) is -2.53. The fourth-order valence-electron chi connectivity index (χ4n) is 1.84. The van der Waals surface area contributed by atoms with E-state index in [0.717, 1.165) is 6.07 Å². The number of benzene rings is 1. The van der Waals surface area contributed by atoms with Crippen molar-refractivity contribution in [1.29, 1.82) is 0 Å². The van der Waals surface area contributed by atoms with Crippen molar-refractivity contribution in [2.24, 2.45) is 0 Å². The number of aliphatic carboxylic acids is 1. The summed E-state index contributed by atoms with van der Waals surface area (Å²) in [7, 11) is 0. The maximum Gasteiger partial charge on any atom is 0.311 e. The molecule has 1 aromatic carbocycles. The Balaban J connectivity index is 2.50. The normalized spacial score (nSPS) is 19.6. The molecule has 0 aromatic heterocycles. The van der Waals surface area contributed by atoms with Crippen LogP contribution < -0.4 is 5.32 Å². The largest absolute Gasteiger partial charge is 0.481 e. The van der Waals surface area contributed by atoms with Gasteiger partial charge in [0.25, 0.3) is 0 Å². The molecule has 4 nitrogen and oxygen atoms in total. The summed E-state index contributed by atoms with van der Waals surface area (Å²) >= 11 is 0. The number of carboxylic acids is 1. The van der Waals surface area contributed by atoms with Crippen LogP contribution in [0.2, 0.25) is 0 Å². The monoisotopic (exact) mass is 223 g/mol. The minimum absolute atomic E-state index is 0.132. The highest BCUT2D eigenvalue weighted by molar-refractivity contribution is 5.94. The van der Waals surface area contributed by atoms with E-state index in [1.807, 2.05) is 0 Å². The Morgan fingerprint density at radius 3 is 2.94 bits per heavy atom. The van der Waals surface area contributed by atoms with Gasteiger partial charge in [-0.1, -0.05) is 6.07 Å². The molecule has 1 aliphatic heterocycles. The van der Waals surface area contributed by atoms with Gasteiger partial charge in [-0.25, -0.2) is 4.39 Å². The maximum absolute atomic E-state index is 13.0. The first kappa shape index (κ1) is 10.6. The summed E-state index contributed by atoms with van der Waals surface area (Å²) in [6, 6.07) is 3.76. The molecule has 2 N–H and O–H groups in total. The minimum atomic E-state index is -0.996. The molecule has 0 saturated heterocycles. The van der Waals surface area contributed by atoms with Gasteiger partial charge in [0.15, 0.2) is 0 Å². The highest BCUT2D eigenvalue weighted by Crippen LogP contribution is 2.32. The van der Waals surface area contributed by atoms with Gasteiger partial charge in [-0.2, -0.15) is 0 Å². The Labute approximate surface area is 91.1 Å². The topological polar surface area (TPSA) is 66.4 Å². The van der Waals surface area contributed by atoms with Gasteiger partial charge in [0, 0.05) is 12.1 Å². The molecule has 1 aromatic rings. The first-order chi connectivity index (χ1) is 7.58. The number of anilines is 1. The fraction of sp³-hybridized carbons (Fsp3) is 0.273. The molecule has 1 amide bonds. The van der Waals surface area contributed by atoms with E-state index in [4.69, 9.17) is 5.11 Å². The van der Waals surface area contributed by atoms with E-state index in [0.29, 0.717) is 5.56 Å². The number of carbonyl (C=O) groups excluding carboxylic acids is 1. The predicted octanol–water partition coefficient (Wildman–Crippen LogP) is 1.73. The number of hydrogen-bond donors (Lipinski definition) is 2. The second-order valence-corrected chi connectivity index (χ2v) is 3.71. The van der Waals surface area contributed by atoms with E-state index in [1.54, 1.807) is 0 Å². The SMILES string of the molecule is O=C1CCC(C(=O)O)c2ccc(F)cc2N1. The smallest absolute Gasteiger partial charge is 0.311 e. The van der Waals surface area contributed by atoms with Crippen LogP contribution in [0.3, 0.4) is 0 Å². The Kier molecular flexibility index (Phi) is 2.60. The van der Waals surface area contributed by atoms with Crippen molar-refractivity contribution in [2.75, 3.05) is 5.32 Å². The fourth-order valence-corrected chi connectivity index (χ4v) is 1.84.